The number of nitrogens with zero attached hydrogens (tertiary/aromatic N) is 2. The Balaban J connectivity index is 2.34. The molecule has 4 nitrogen and oxygen atoms in total. The standard InChI is InChI=1S/C11H10Cl2N4/c1-6-2-3-9(7(12)4-6)16-10-8(14)5-15-11(13)17-10/h2-5H,14H2,1H3,(H,15,16,17). The molecule has 88 valence electrons. The Kier molecular flexibility index (Phi) is 3.36. The van der Waals surface area contributed by atoms with Gasteiger partial charge in [0, 0.05) is 0 Å². The number of rotatable bonds is 2. The Morgan fingerprint density at radius 2 is 2.06 bits per heavy atom. The van der Waals surface area contributed by atoms with E-state index in [0.29, 0.717) is 16.5 Å². The first-order valence-electron chi connectivity index (χ1n) is 4.87. The average Bonchev–Trinajstić information content (AvgIpc) is 2.27. The van der Waals surface area contributed by atoms with E-state index in [-0.39, 0.29) is 5.28 Å². The van der Waals surface area contributed by atoms with Crippen molar-refractivity contribution in [2.45, 2.75) is 6.92 Å². The number of halogens is 2. The zero-order chi connectivity index (χ0) is 12.4. The molecule has 0 atom stereocenters. The number of hydrogen-bond acceptors (Lipinski definition) is 4. The Morgan fingerprint density at radius 3 is 2.76 bits per heavy atom. The number of nitrogens with two attached hydrogens (primary N) is 1. The Hall–Kier alpha value is -1.52. The number of aromatic nitrogens is 2. The summed E-state index contributed by atoms with van der Waals surface area (Å²) in [5.74, 6) is 0.441. The largest absolute Gasteiger partial charge is 0.394 e. The number of hydrogen-bond donors (Lipinski definition) is 2. The highest BCUT2D eigenvalue weighted by Gasteiger charge is 2.06. The number of nitrogens with one attached hydrogen (secondary N) is 1. The van der Waals surface area contributed by atoms with E-state index in [2.05, 4.69) is 15.3 Å². The van der Waals surface area contributed by atoms with E-state index < -0.39 is 0 Å². The summed E-state index contributed by atoms with van der Waals surface area (Å²) in [6, 6.07) is 5.64. The topological polar surface area (TPSA) is 63.8 Å². The van der Waals surface area contributed by atoms with Crippen LogP contribution in [-0.4, -0.2) is 9.97 Å². The van der Waals surface area contributed by atoms with E-state index in [1.807, 2.05) is 25.1 Å². The molecule has 0 spiro atoms. The van der Waals surface area contributed by atoms with E-state index in [1.165, 1.54) is 6.20 Å². The normalized spacial score (nSPS) is 10.3. The summed E-state index contributed by atoms with van der Waals surface area (Å²) in [6.07, 6.45) is 1.44. The molecule has 0 amide bonds. The van der Waals surface area contributed by atoms with Gasteiger partial charge < -0.3 is 11.1 Å². The highest BCUT2D eigenvalue weighted by molar-refractivity contribution is 6.33. The average molecular weight is 269 g/mol. The van der Waals surface area contributed by atoms with Crippen LogP contribution in [0.25, 0.3) is 0 Å². The van der Waals surface area contributed by atoms with Crippen molar-refractivity contribution < 1.29 is 0 Å². The predicted octanol–water partition coefficient (Wildman–Crippen LogP) is 3.42. The lowest BCUT2D eigenvalue weighted by molar-refractivity contribution is 1.17. The van der Waals surface area contributed by atoms with Crippen molar-refractivity contribution >= 4 is 40.4 Å². The third-order valence-electron chi connectivity index (χ3n) is 2.17. The van der Waals surface area contributed by atoms with E-state index >= 15 is 0 Å². The second kappa shape index (κ2) is 4.77. The van der Waals surface area contributed by atoms with Crippen LogP contribution in [0.2, 0.25) is 10.3 Å². The fraction of sp³-hybridized carbons (Fsp3) is 0.0909. The van der Waals surface area contributed by atoms with Crippen molar-refractivity contribution in [3.05, 3.63) is 40.3 Å². The van der Waals surface area contributed by atoms with E-state index in [9.17, 15) is 0 Å². The van der Waals surface area contributed by atoms with Crippen LogP contribution >= 0.6 is 23.2 Å². The Labute approximate surface area is 109 Å². The van der Waals surface area contributed by atoms with Crippen LogP contribution in [0.4, 0.5) is 17.2 Å². The number of anilines is 3. The zero-order valence-corrected chi connectivity index (χ0v) is 10.5. The fourth-order valence-corrected chi connectivity index (χ4v) is 1.73. The molecule has 0 aliphatic carbocycles. The van der Waals surface area contributed by atoms with Gasteiger partial charge in [0.1, 0.15) is 0 Å². The molecule has 2 aromatic rings. The fourth-order valence-electron chi connectivity index (χ4n) is 1.32. The first-order chi connectivity index (χ1) is 8.06. The van der Waals surface area contributed by atoms with Crippen LogP contribution in [0, 0.1) is 6.92 Å². The highest BCUT2D eigenvalue weighted by atomic mass is 35.5. The summed E-state index contributed by atoms with van der Waals surface area (Å²) in [5, 5.41) is 3.74. The van der Waals surface area contributed by atoms with Crippen LogP contribution in [-0.2, 0) is 0 Å². The smallest absolute Gasteiger partial charge is 0.224 e. The molecule has 1 aromatic carbocycles. The van der Waals surface area contributed by atoms with Crippen molar-refractivity contribution in [3.8, 4) is 0 Å². The molecular formula is C11H10Cl2N4. The van der Waals surface area contributed by atoms with Crippen molar-refractivity contribution in [3.63, 3.8) is 0 Å². The molecule has 6 heteroatoms. The Bertz CT molecular complexity index is 557. The van der Waals surface area contributed by atoms with Crippen LogP contribution in [0.3, 0.4) is 0 Å². The van der Waals surface area contributed by atoms with Crippen molar-refractivity contribution in [2.24, 2.45) is 0 Å². The molecule has 0 saturated carbocycles. The van der Waals surface area contributed by atoms with Gasteiger partial charge in [-0.2, -0.15) is 4.98 Å². The molecule has 1 aromatic heterocycles. The summed E-state index contributed by atoms with van der Waals surface area (Å²) in [7, 11) is 0. The van der Waals surface area contributed by atoms with Crippen molar-refractivity contribution in [1.29, 1.82) is 0 Å². The van der Waals surface area contributed by atoms with Gasteiger partial charge in [0.25, 0.3) is 0 Å². The second-order valence-electron chi connectivity index (χ2n) is 3.55. The minimum Gasteiger partial charge on any atom is -0.394 e. The molecule has 0 fully saturated rings. The lowest BCUT2D eigenvalue weighted by Crippen LogP contribution is -2.01. The zero-order valence-electron chi connectivity index (χ0n) is 9.04. The summed E-state index contributed by atoms with van der Waals surface area (Å²) >= 11 is 11.8. The van der Waals surface area contributed by atoms with Gasteiger partial charge in [-0.05, 0) is 36.2 Å². The van der Waals surface area contributed by atoms with E-state index in [4.69, 9.17) is 28.9 Å². The maximum Gasteiger partial charge on any atom is 0.224 e. The molecule has 0 aliphatic rings. The van der Waals surface area contributed by atoms with Gasteiger partial charge in [-0.1, -0.05) is 17.7 Å². The number of benzene rings is 1. The van der Waals surface area contributed by atoms with E-state index in [0.717, 1.165) is 11.3 Å². The van der Waals surface area contributed by atoms with Gasteiger partial charge in [-0.15, -0.1) is 0 Å². The minimum atomic E-state index is 0.130. The molecule has 0 bridgehead atoms. The van der Waals surface area contributed by atoms with Gasteiger partial charge in [0.15, 0.2) is 5.82 Å². The Morgan fingerprint density at radius 1 is 1.29 bits per heavy atom. The molecule has 0 unspecified atom stereocenters. The monoisotopic (exact) mass is 268 g/mol. The molecule has 17 heavy (non-hydrogen) atoms. The molecule has 3 N–H and O–H groups in total. The van der Waals surface area contributed by atoms with Crippen molar-refractivity contribution in [2.75, 3.05) is 11.1 Å². The summed E-state index contributed by atoms with van der Waals surface area (Å²) in [4.78, 5) is 7.76. The SMILES string of the molecule is Cc1ccc(Nc2nc(Cl)ncc2N)c(Cl)c1. The molecule has 1 heterocycles. The second-order valence-corrected chi connectivity index (χ2v) is 4.30. The van der Waals surface area contributed by atoms with Crippen LogP contribution in [0.5, 0.6) is 0 Å². The molecule has 2 rings (SSSR count). The van der Waals surface area contributed by atoms with Gasteiger partial charge in [-0.25, -0.2) is 4.98 Å². The molecule has 0 radical (unpaired) electrons. The van der Waals surface area contributed by atoms with E-state index in [1.54, 1.807) is 0 Å². The highest BCUT2D eigenvalue weighted by Crippen LogP contribution is 2.28. The van der Waals surface area contributed by atoms with Gasteiger partial charge >= 0.3 is 0 Å². The third-order valence-corrected chi connectivity index (χ3v) is 2.66. The summed E-state index contributed by atoms with van der Waals surface area (Å²) in [5.41, 5.74) is 7.94. The lowest BCUT2D eigenvalue weighted by Gasteiger charge is -2.10. The minimum absolute atomic E-state index is 0.130. The van der Waals surface area contributed by atoms with Gasteiger partial charge in [0.05, 0.1) is 22.6 Å². The predicted molar refractivity (Wildman–Crippen MR) is 70.9 cm³/mol. The van der Waals surface area contributed by atoms with Crippen LogP contribution in [0.15, 0.2) is 24.4 Å². The summed E-state index contributed by atoms with van der Waals surface area (Å²) in [6.45, 7) is 1.96. The number of nitrogen functional groups attached to an aromatic ring is 1. The van der Waals surface area contributed by atoms with Crippen LogP contribution in [0.1, 0.15) is 5.56 Å². The lowest BCUT2D eigenvalue weighted by atomic mass is 10.2. The summed E-state index contributed by atoms with van der Waals surface area (Å²) < 4.78 is 0. The van der Waals surface area contributed by atoms with Gasteiger partial charge in [-0.3, -0.25) is 0 Å². The van der Waals surface area contributed by atoms with Gasteiger partial charge in [0.2, 0.25) is 5.28 Å². The third kappa shape index (κ3) is 2.78. The number of aryl methyl sites for hydroxylation is 1. The molecular weight excluding hydrogens is 259 g/mol. The molecule has 0 aliphatic heterocycles. The van der Waals surface area contributed by atoms with Crippen LogP contribution < -0.4 is 11.1 Å². The molecule has 0 saturated heterocycles. The maximum absolute atomic E-state index is 6.09. The first-order valence-corrected chi connectivity index (χ1v) is 5.63. The quantitative estimate of drug-likeness (QED) is 0.820. The maximum atomic E-state index is 6.09. The van der Waals surface area contributed by atoms with Crippen molar-refractivity contribution in [1.82, 2.24) is 9.97 Å². The first kappa shape index (κ1) is 12.0.